The quantitative estimate of drug-likeness (QED) is 0.133. The predicted octanol–water partition coefficient (Wildman–Crippen LogP) is 1.27. The third-order valence-corrected chi connectivity index (χ3v) is 5.98. The molecule has 0 aliphatic rings. The summed E-state index contributed by atoms with van der Waals surface area (Å²) in [5.74, 6) is -4.12. The van der Waals surface area contributed by atoms with Crippen molar-refractivity contribution < 1.29 is 49.4 Å². The highest BCUT2D eigenvalue weighted by atomic mass is 79.9. The minimum atomic E-state index is -1.35. The first-order valence-electron chi connectivity index (χ1n) is 10.2. The molecule has 1 atom stereocenters. The van der Waals surface area contributed by atoms with Gasteiger partial charge < -0.3 is 24.8 Å². The number of aliphatic carboxylic acids is 3. The van der Waals surface area contributed by atoms with Crippen LogP contribution in [0.25, 0.3) is 11.0 Å². The topological polar surface area (TPSA) is 198 Å². The van der Waals surface area contributed by atoms with Crippen LogP contribution in [0.5, 0.6) is 5.75 Å². The van der Waals surface area contributed by atoms with Crippen LogP contribution in [0.3, 0.4) is 0 Å². The van der Waals surface area contributed by atoms with E-state index in [0.29, 0.717) is 5.39 Å². The summed E-state index contributed by atoms with van der Waals surface area (Å²) in [5, 5.41) is 47.6. The molecule has 5 N–H and O–H groups in total. The Bertz CT molecular complexity index is 1160. The smallest absolute Gasteiger partial charge is 0.339 e. The molecule has 1 aromatic heterocycles. The summed E-state index contributed by atoms with van der Waals surface area (Å²) in [5.41, 5.74) is -0.311. The van der Waals surface area contributed by atoms with Gasteiger partial charge in [0.2, 0.25) is 0 Å². The molecule has 0 amide bonds. The Kier molecular flexibility index (Phi) is 9.73. The molecule has 35 heavy (non-hydrogen) atoms. The number of hydrogen-bond donors (Lipinski definition) is 5. The molecule has 13 nitrogen and oxygen atoms in total. The summed E-state index contributed by atoms with van der Waals surface area (Å²) in [6.45, 7) is 0.260. The summed E-state index contributed by atoms with van der Waals surface area (Å²) in [7, 11) is 0. The lowest BCUT2D eigenvalue weighted by Crippen LogP contribution is -2.45. The molecule has 0 radical (unpaired) electrons. The van der Waals surface area contributed by atoms with Gasteiger partial charge in [0.1, 0.15) is 11.3 Å². The van der Waals surface area contributed by atoms with Crippen molar-refractivity contribution in [3.63, 3.8) is 0 Å². The highest BCUT2D eigenvalue weighted by molar-refractivity contribution is 9.10. The fourth-order valence-electron chi connectivity index (χ4n) is 3.85. The van der Waals surface area contributed by atoms with Crippen LogP contribution < -0.4 is 5.63 Å². The van der Waals surface area contributed by atoms with E-state index < -0.39 is 49.2 Å². The predicted molar refractivity (Wildman–Crippen MR) is 124 cm³/mol. The number of hydrogen-bond acceptors (Lipinski definition) is 10. The number of aryl methyl sites for hydroxylation is 1. The number of rotatable bonds is 13. The molecule has 1 unspecified atom stereocenters. The molecule has 0 fully saturated rings. The van der Waals surface area contributed by atoms with E-state index in [4.69, 9.17) is 9.67 Å². The van der Waals surface area contributed by atoms with Crippen molar-refractivity contribution in [2.75, 3.05) is 39.3 Å². The zero-order valence-electron chi connectivity index (χ0n) is 18.9. The van der Waals surface area contributed by atoms with Crippen LogP contribution in [0.1, 0.15) is 22.7 Å². The van der Waals surface area contributed by atoms with Crippen molar-refractivity contribution in [1.29, 1.82) is 0 Å². The van der Waals surface area contributed by atoms with E-state index in [9.17, 15) is 39.6 Å². The highest BCUT2D eigenvalue weighted by Crippen LogP contribution is 2.38. The second-order valence-corrected chi connectivity index (χ2v) is 8.66. The van der Waals surface area contributed by atoms with Gasteiger partial charge in [0.15, 0.2) is 0 Å². The minimum absolute atomic E-state index is 0.00961. The third-order valence-electron chi connectivity index (χ3n) is 5.37. The van der Waals surface area contributed by atoms with E-state index in [1.165, 1.54) is 24.8 Å². The average molecular weight is 561 g/mol. The number of carboxylic acids is 3. The number of aromatic hydroxyl groups is 1. The van der Waals surface area contributed by atoms with E-state index >= 15 is 0 Å². The van der Waals surface area contributed by atoms with Crippen LogP contribution in [-0.2, 0) is 19.3 Å². The number of phenols is 1. The zero-order valence-corrected chi connectivity index (χ0v) is 20.4. The Hall–Kier alpha value is -3.04. The van der Waals surface area contributed by atoms with Gasteiger partial charge in [0.05, 0.1) is 30.7 Å². The van der Waals surface area contributed by atoms with Crippen molar-refractivity contribution in [3.05, 3.63) is 37.6 Å². The van der Waals surface area contributed by atoms with Crippen LogP contribution in [0.15, 0.2) is 19.8 Å². The van der Waals surface area contributed by atoms with Crippen LogP contribution in [0.4, 0.5) is 0 Å². The molecule has 14 heteroatoms. The second-order valence-electron chi connectivity index (χ2n) is 7.81. The van der Waals surface area contributed by atoms with Gasteiger partial charge in [-0.15, -0.1) is 0 Å². The monoisotopic (exact) mass is 560 g/mol. The molecule has 0 aliphatic carbocycles. The lowest BCUT2D eigenvalue weighted by atomic mass is 9.94. The van der Waals surface area contributed by atoms with Crippen LogP contribution >= 0.6 is 15.9 Å². The zero-order chi connectivity index (χ0) is 26.4. The summed E-state index contributed by atoms with van der Waals surface area (Å²) in [6.07, 6.45) is 0. The summed E-state index contributed by atoms with van der Waals surface area (Å²) in [6, 6.07) is 0.330. The van der Waals surface area contributed by atoms with E-state index in [1.807, 2.05) is 0 Å². The van der Waals surface area contributed by atoms with Gasteiger partial charge in [0, 0.05) is 35.6 Å². The standard InChI is InChI=1S/C21H25BrN2O11/c1-10-18(12-5-13(22)19(31)11(2)20(12)35-21(10)32)14(24(8-16(27)28)9-17(29)30)6-23(3-4-34-33)7-15(25)26/h5,14,31,33H,3-4,6-9H2,1-2H3,(H,25,26)(H,27,28)(H,29,30). The Morgan fingerprint density at radius 2 is 1.63 bits per heavy atom. The maximum Gasteiger partial charge on any atom is 0.339 e. The van der Waals surface area contributed by atoms with Crippen LogP contribution in [0.2, 0.25) is 0 Å². The fourth-order valence-corrected chi connectivity index (χ4v) is 4.37. The molecule has 192 valence electrons. The summed E-state index contributed by atoms with van der Waals surface area (Å²) < 4.78 is 5.62. The summed E-state index contributed by atoms with van der Waals surface area (Å²) >= 11 is 3.22. The molecule has 0 aliphatic heterocycles. The Balaban J connectivity index is 2.86. The van der Waals surface area contributed by atoms with Gasteiger partial charge in [-0.1, -0.05) is 0 Å². The second kappa shape index (κ2) is 12.1. The molecule has 2 aromatic rings. The first kappa shape index (κ1) is 28.2. The van der Waals surface area contributed by atoms with E-state index in [2.05, 4.69) is 20.8 Å². The number of carboxylic acid groups (broad SMARTS) is 3. The lowest BCUT2D eigenvalue weighted by Gasteiger charge is -2.34. The SMILES string of the molecule is Cc1c(C(CN(CCOO)CC(=O)O)N(CC(=O)O)CC(=O)O)c2cc(Br)c(O)c(C)c2oc1=O. The molecule has 1 aromatic carbocycles. The van der Waals surface area contributed by atoms with Crippen LogP contribution in [-0.4, -0.2) is 92.7 Å². The van der Waals surface area contributed by atoms with Crippen molar-refractivity contribution in [1.82, 2.24) is 9.80 Å². The number of benzene rings is 1. The van der Waals surface area contributed by atoms with Gasteiger partial charge in [0.25, 0.3) is 0 Å². The molecule has 0 spiro atoms. The number of fused-ring (bicyclic) bond motifs is 1. The summed E-state index contributed by atoms with van der Waals surface area (Å²) in [4.78, 5) is 53.8. The molecule has 1 heterocycles. The molecule has 0 saturated heterocycles. The fraction of sp³-hybridized carbons (Fsp3) is 0.429. The molecular weight excluding hydrogens is 536 g/mol. The van der Waals surface area contributed by atoms with Gasteiger partial charge in [-0.25, -0.2) is 9.68 Å². The number of halogens is 1. The number of nitrogens with zero attached hydrogens (tertiary/aromatic N) is 2. The Morgan fingerprint density at radius 1 is 1.06 bits per heavy atom. The largest absolute Gasteiger partial charge is 0.506 e. The van der Waals surface area contributed by atoms with Crippen molar-refractivity contribution in [2.24, 2.45) is 0 Å². The van der Waals surface area contributed by atoms with Crippen molar-refractivity contribution in [2.45, 2.75) is 19.9 Å². The Labute approximate surface area is 206 Å². The molecule has 0 saturated carbocycles. The van der Waals surface area contributed by atoms with E-state index in [0.717, 1.165) is 4.90 Å². The maximum atomic E-state index is 12.7. The van der Waals surface area contributed by atoms with Gasteiger partial charge >= 0.3 is 23.5 Å². The normalized spacial score (nSPS) is 12.4. The Morgan fingerprint density at radius 3 is 2.14 bits per heavy atom. The number of carbonyl (C=O) groups is 3. The van der Waals surface area contributed by atoms with Gasteiger partial charge in [-0.3, -0.25) is 29.4 Å². The van der Waals surface area contributed by atoms with Crippen molar-refractivity contribution in [3.8, 4) is 5.75 Å². The first-order chi connectivity index (χ1) is 16.4. The van der Waals surface area contributed by atoms with Gasteiger partial charge in [-0.2, -0.15) is 0 Å². The van der Waals surface area contributed by atoms with Gasteiger partial charge in [-0.05, 0) is 41.4 Å². The van der Waals surface area contributed by atoms with E-state index in [1.54, 1.807) is 0 Å². The molecule has 2 rings (SSSR count). The molecule has 0 bridgehead atoms. The van der Waals surface area contributed by atoms with Crippen LogP contribution in [0, 0.1) is 13.8 Å². The average Bonchev–Trinajstić information content (AvgIpc) is 2.75. The third kappa shape index (κ3) is 6.99. The maximum absolute atomic E-state index is 12.7. The first-order valence-corrected chi connectivity index (χ1v) is 11.0. The van der Waals surface area contributed by atoms with Crippen molar-refractivity contribution >= 4 is 44.8 Å². The van der Waals surface area contributed by atoms with E-state index in [-0.39, 0.29) is 52.2 Å². The molecular formula is C21H25BrN2O11. The highest BCUT2D eigenvalue weighted by Gasteiger charge is 2.32. The number of phenolic OH excluding ortho intramolecular Hbond substituents is 1. The lowest BCUT2D eigenvalue weighted by molar-refractivity contribution is -0.244. The minimum Gasteiger partial charge on any atom is -0.506 e.